The number of Topliss-reactive ketones (excluding diaryl/α,β-unsaturated/α-hetero) is 1. The molecule has 0 saturated carbocycles. The summed E-state index contributed by atoms with van der Waals surface area (Å²) in [5.74, 6) is 0.570. The molecule has 1 atom stereocenters. The van der Waals surface area contributed by atoms with Crippen molar-refractivity contribution in [1.29, 1.82) is 0 Å². The van der Waals surface area contributed by atoms with Crippen molar-refractivity contribution in [1.82, 2.24) is 0 Å². The number of ether oxygens (including phenoxy) is 1. The van der Waals surface area contributed by atoms with Crippen molar-refractivity contribution in [2.75, 3.05) is 7.11 Å². The molecule has 0 radical (unpaired) electrons. The first-order valence-corrected chi connectivity index (χ1v) is 7.44. The van der Waals surface area contributed by atoms with Crippen LogP contribution in [0.2, 0.25) is 0 Å². The lowest BCUT2D eigenvalue weighted by atomic mass is 10.1. The zero-order chi connectivity index (χ0) is 15.9. The minimum absolute atomic E-state index is 0.0206. The summed E-state index contributed by atoms with van der Waals surface area (Å²) in [6, 6.07) is 16.6. The standard InChI is InChI=1S/C18H18ClNO2/c1-13(12-14-8-10-16(22-2)11-9-14)20-18(19)17(21)15-6-4-3-5-7-15/h3-11,13H,12H2,1-2H3. The van der Waals surface area contributed by atoms with Crippen LogP contribution < -0.4 is 4.74 Å². The summed E-state index contributed by atoms with van der Waals surface area (Å²) in [6.07, 6.45) is 0.711. The van der Waals surface area contributed by atoms with E-state index in [1.165, 1.54) is 0 Å². The van der Waals surface area contributed by atoms with Crippen molar-refractivity contribution >= 4 is 22.6 Å². The van der Waals surface area contributed by atoms with Crippen LogP contribution >= 0.6 is 11.6 Å². The van der Waals surface area contributed by atoms with Gasteiger partial charge < -0.3 is 4.74 Å². The second kappa shape index (κ2) is 7.76. The predicted molar refractivity (Wildman–Crippen MR) is 90.2 cm³/mol. The van der Waals surface area contributed by atoms with Crippen LogP contribution in [-0.2, 0) is 6.42 Å². The fourth-order valence-electron chi connectivity index (χ4n) is 2.11. The Labute approximate surface area is 135 Å². The number of nitrogens with zero attached hydrogens (tertiary/aromatic N) is 1. The van der Waals surface area contributed by atoms with E-state index in [-0.39, 0.29) is 17.0 Å². The van der Waals surface area contributed by atoms with Crippen molar-refractivity contribution in [3.8, 4) is 5.75 Å². The lowest BCUT2D eigenvalue weighted by Crippen LogP contribution is -2.13. The van der Waals surface area contributed by atoms with Crippen LogP contribution in [0.3, 0.4) is 0 Å². The van der Waals surface area contributed by atoms with Crippen molar-refractivity contribution < 1.29 is 9.53 Å². The SMILES string of the molecule is COc1ccc(CC(C)N=C(Cl)C(=O)c2ccccc2)cc1. The largest absolute Gasteiger partial charge is 0.497 e. The van der Waals surface area contributed by atoms with Crippen LogP contribution in [0.5, 0.6) is 5.75 Å². The number of benzene rings is 2. The van der Waals surface area contributed by atoms with E-state index in [1.54, 1.807) is 31.4 Å². The summed E-state index contributed by atoms with van der Waals surface area (Å²) >= 11 is 6.06. The molecular formula is C18H18ClNO2. The van der Waals surface area contributed by atoms with Gasteiger partial charge in [-0.05, 0) is 31.0 Å². The number of carbonyl (C=O) groups excluding carboxylic acids is 1. The lowest BCUT2D eigenvalue weighted by molar-refractivity contribution is 0.106. The van der Waals surface area contributed by atoms with Crippen LogP contribution in [0.25, 0.3) is 0 Å². The second-order valence-corrected chi connectivity index (χ2v) is 5.37. The Morgan fingerprint density at radius 2 is 1.77 bits per heavy atom. The first-order valence-electron chi connectivity index (χ1n) is 7.06. The van der Waals surface area contributed by atoms with Gasteiger partial charge in [0.2, 0.25) is 5.78 Å². The van der Waals surface area contributed by atoms with Gasteiger partial charge in [0.05, 0.1) is 13.2 Å². The van der Waals surface area contributed by atoms with E-state index >= 15 is 0 Å². The Balaban J connectivity index is 2.02. The molecule has 1 unspecified atom stereocenters. The number of rotatable bonds is 6. The van der Waals surface area contributed by atoms with Crippen LogP contribution in [0.15, 0.2) is 59.6 Å². The molecule has 2 aromatic rings. The third-order valence-electron chi connectivity index (χ3n) is 3.25. The van der Waals surface area contributed by atoms with Crippen LogP contribution in [0, 0.1) is 0 Å². The Morgan fingerprint density at radius 1 is 1.14 bits per heavy atom. The van der Waals surface area contributed by atoms with E-state index in [0.29, 0.717) is 12.0 Å². The van der Waals surface area contributed by atoms with Gasteiger partial charge >= 0.3 is 0 Å². The number of halogens is 1. The third-order valence-corrected chi connectivity index (χ3v) is 3.52. The van der Waals surface area contributed by atoms with E-state index in [2.05, 4.69) is 4.99 Å². The summed E-state index contributed by atoms with van der Waals surface area (Å²) in [5, 5.41) is 0.0206. The van der Waals surface area contributed by atoms with Crippen molar-refractivity contribution in [3.63, 3.8) is 0 Å². The molecule has 0 aliphatic rings. The smallest absolute Gasteiger partial charge is 0.222 e. The van der Waals surface area contributed by atoms with E-state index in [1.807, 2.05) is 37.3 Å². The number of ketones is 1. The Morgan fingerprint density at radius 3 is 2.36 bits per heavy atom. The second-order valence-electron chi connectivity index (χ2n) is 5.02. The van der Waals surface area contributed by atoms with Gasteiger partial charge in [0.1, 0.15) is 5.75 Å². The molecule has 0 aromatic heterocycles. The number of hydrogen-bond donors (Lipinski definition) is 0. The molecule has 2 aromatic carbocycles. The predicted octanol–water partition coefficient (Wildman–Crippen LogP) is 4.15. The average Bonchev–Trinajstić information content (AvgIpc) is 2.55. The van der Waals surface area contributed by atoms with E-state index in [9.17, 15) is 4.79 Å². The summed E-state index contributed by atoms with van der Waals surface area (Å²) < 4.78 is 5.13. The highest BCUT2D eigenvalue weighted by atomic mass is 35.5. The quantitative estimate of drug-likeness (QED) is 0.593. The Kier molecular flexibility index (Phi) is 5.73. The fraction of sp³-hybridized carbons (Fsp3) is 0.222. The maximum Gasteiger partial charge on any atom is 0.222 e. The molecule has 0 aliphatic heterocycles. The summed E-state index contributed by atoms with van der Waals surface area (Å²) in [5.41, 5.74) is 1.67. The molecule has 0 spiro atoms. The molecule has 0 saturated heterocycles. The summed E-state index contributed by atoms with van der Waals surface area (Å²) in [4.78, 5) is 16.4. The summed E-state index contributed by atoms with van der Waals surface area (Å²) in [7, 11) is 1.64. The fourth-order valence-corrected chi connectivity index (χ4v) is 2.38. The highest BCUT2D eigenvalue weighted by Crippen LogP contribution is 2.14. The van der Waals surface area contributed by atoms with Gasteiger partial charge in [-0.2, -0.15) is 0 Å². The molecule has 0 fully saturated rings. The first kappa shape index (κ1) is 16.2. The molecule has 0 bridgehead atoms. The number of methoxy groups -OCH3 is 1. The minimum atomic E-state index is -0.246. The third kappa shape index (κ3) is 4.43. The average molecular weight is 316 g/mol. The van der Waals surface area contributed by atoms with Gasteiger partial charge in [-0.3, -0.25) is 9.79 Å². The molecule has 0 aliphatic carbocycles. The molecule has 4 heteroatoms. The topological polar surface area (TPSA) is 38.7 Å². The van der Waals surface area contributed by atoms with Gasteiger partial charge in [-0.1, -0.05) is 54.1 Å². The molecule has 0 heterocycles. The van der Waals surface area contributed by atoms with Crippen molar-refractivity contribution in [2.45, 2.75) is 19.4 Å². The highest BCUT2D eigenvalue weighted by Gasteiger charge is 2.13. The first-order chi connectivity index (χ1) is 10.6. The molecule has 3 nitrogen and oxygen atoms in total. The molecule has 0 amide bonds. The maximum absolute atomic E-state index is 12.1. The van der Waals surface area contributed by atoms with Crippen LogP contribution in [-0.4, -0.2) is 24.1 Å². The monoisotopic (exact) mass is 315 g/mol. The van der Waals surface area contributed by atoms with Gasteiger partial charge in [-0.25, -0.2) is 0 Å². The Bertz CT molecular complexity index is 651. The van der Waals surface area contributed by atoms with Gasteiger partial charge in [-0.15, -0.1) is 0 Å². The van der Waals surface area contributed by atoms with Crippen LogP contribution in [0.4, 0.5) is 0 Å². The molecule has 22 heavy (non-hydrogen) atoms. The van der Waals surface area contributed by atoms with E-state index < -0.39 is 0 Å². The van der Waals surface area contributed by atoms with Gasteiger partial charge in [0.15, 0.2) is 5.17 Å². The van der Waals surface area contributed by atoms with Crippen molar-refractivity contribution in [2.24, 2.45) is 4.99 Å². The number of aliphatic imine (C=N–C) groups is 1. The zero-order valence-electron chi connectivity index (χ0n) is 12.6. The summed E-state index contributed by atoms with van der Waals surface area (Å²) in [6.45, 7) is 1.94. The van der Waals surface area contributed by atoms with Gasteiger partial charge in [0.25, 0.3) is 0 Å². The number of hydrogen-bond acceptors (Lipinski definition) is 3. The van der Waals surface area contributed by atoms with E-state index in [4.69, 9.17) is 16.3 Å². The normalized spacial score (nSPS) is 12.8. The lowest BCUT2D eigenvalue weighted by Gasteiger charge is -2.08. The zero-order valence-corrected chi connectivity index (χ0v) is 13.4. The van der Waals surface area contributed by atoms with Gasteiger partial charge in [0, 0.05) is 5.56 Å². The van der Waals surface area contributed by atoms with Crippen LogP contribution in [0.1, 0.15) is 22.8 Å². The highest BCUT2D eigenvalue weighted by molar-refractivity contribution is 6.84. The van der Waals surface area contributed by atoms with Crippen molar-refractivity contribution in [3.05, 3.63) is 65.7 Å². The van der Waals surface area contributed by atoms with E-state index in [0.717, 1.165) is 11.3 Å². The Hall–Kier alpha value is -2.13. The minimum Gasteiger partial charge on any atom is -0.497 e. The molecule has 114 valence electrons. The molecule has 2 rings (SSSR count). The molecule has 0 N–H and O–H groups in total. The molecular weight excluding hydrogens is 298 g/mol. The number of carbonyl (C=O) groups is 1. The maximum atomic E-state index is 12.1.